The van der Waals surface area contributed by atoms with Crippen LogP contribution >= 0.6 is 0 Å². The Morgan fingerprint density at radius 3 is 2.39 bits per heavy atom. The number of methoxy groups -OCH3 is 1. The number of sulfonamides is 1. The minimum atomic E-state index is -4.87. The summed E-state index contributed by atoms with van der Waals surface area (Å²) in [4.78, 5) is 40.1. The monoisotopic (exact) mass is 763 g/mol. The zero-order valence-corrected chi connectivity index (χ0v) is 31.8. The normalized spacial score (nSPS) is 19.7. The minimum absolute atomic E-state index is 0.00880. The van der Waals surface area contributed by atoms with Crippen molar-refractivity contribution in [1.82, 2.24) is 25.0 Å². The molecular weight excluding hydrogens is 718 g/mol. The van der Waals surface area contributed by atoms with Crippen molar-refractivity contribution in [1.29, 1.82) is 5.26 Å². The Bertz CT molecular complexity index is 2030. The molecule has 1 unspecified atom stereocenters. The van der Waals surface area contributed by atoms with Crippen LogP contribution < -0.4 is 23.8 Å². The van der Waals surface area contributed by atoms with Crippen molar-refractivity contribution in [2.24, 2.45) is 0 Å². The largest absolute Gasteiger partial charge is 0.497 e. The molecule has 1 atom stereocenters. The number of carbonyl (C=O) groups excluding carboxylic acids is 2. The van der Waals surface area contributed by atoms with Crippen LogP contribution in [0.5, 0.6) is 17.4 Å². The highest BCUT2D eigenvalue weighted by atomic mass is 32.2. The zero-order chi connectivity index (χ0) is 38.6. The summed E-state index contributed by atoms with van der Waals surface area (Å²) in [6.45, 7) is 10.8. The SMILES string of the molecule is CCCN1CCC(N2CCN(C(=O)NC3(c4cccnc4OCC)C(=O)N(S(=O)(=O)c4ccc(OC)cc4OCC)c4cc(C#N)c(F)cc43)CC2)CC1. The van der Waals surface area contributed by atoms with Gasteiger partial charge in [0.15, 0.2) is 5.54 Å². The number of amides is 3. The molecule has 2 saturated heterocycles. The molecule has 1 aromatic heterocycles. The molecule has 0 saturated carbocycles. The molecule has 3 aliphatic rings. The number of nitrogens with one attached hydrogen (secondary N) is 1. The Hall–Kier alpha value is -4.98. The van der Waals surface area contributed by atoms with Gasteiger partial charge in [-0.3, -0.25) is 9.69 Å². The van der Waals surface area contributed by atoms with Crippen LogP contribution in [0.25, 0.3) is 0 Å². The lowest BCUT2D eigenvalue weighted by atomic mass is 9.83. The van der Waals surface area contributed by atoms with Crippen molar-refractivity contribution in [3.63, 3.8) is 0 Å². The molecule has 16 heteroatoms. The van der Waals surface area contributed by atoms with Gasteiger partial charge < -0.3 is 29.3 Å². The summed E-state index contributed by atoms with van der Waals surface area (Å²) in [5.74, 6) is -2.02. The number of carbonyl (C=O) groups is 2. The number of anilines is 1. The smallest absolute Gasteiger partial charge is 0.318 e. The molecule has 3 amide bonds. The number of nitriles is 1. The second-order valence-electron chi connectivity index (χ2n) is 13.3. The average molecular weight is 764 g/mol. The van der Waals surface area contributed by atoms with Crippen LogP contribution in [0.2, 0.25) is 0 Å². The second-order valence-corrected chi connectivity index (χ2v) is 15.1. The molecule has 1 N–H and O–H groups in total. The Kier molecular flexibility index (Phi) is 11.6. The van der Waals surface area contributed by atoms with E-state index in [0.717, 1.165) is 51.0 Å². The lowest BCUT2D eigenvalue weighted by molar-refractivity contribution is -0.121. The predicted octanol–water partition coefficient (Wildman–Crippen LogP) is 4.08. The van der Waals surface area contributed by atoms with Crippen LogP contribution in [-0.4, -0.2) is 112 Å². The second kappa shape index (κ2) is 16.2. The van der Waals surface area contributed by atoms with Crippen LogP contribution in [0, 0.1) is 17.1 Å². The lowest BCUT2D eigenvalue weighted by Crippen LogP contribution is -2.61. The number of piperidine rings is 1. The number of hydrogen-bond acceptors (Lipinski definition) is 11. The first-order valence-electron chi connectivity index (χ1n) is 18.3. The van der Waals surface area contributed by atoms with Crippen LogP contribution in [0.4, 0.5) is 14.9 Å². The summed E-state index contributed by atoms with van der Waals surface area (Å²) in [7, 11) is -3.46. The lowest BCUT2D eigenvalue weighted by Gasteiger charge is -2.43. The van der Waals surface area contributed by atoms with E-state index in [1.54, 1.807) is 24.8 Å². The van der Waals surface area contributed by atoms with Gasteiger partial charge in [-0.05, 0) is 89.1 Å². The highest BCUT2D eigenvalue weighted by Crippen LogP contribution is 2.50. The van der Waals surface area contributed by atoms with Crippen LogP contribution in [0.1, 0.15) is 56.7 Å². The zero-order valence-electron chi connectivity index (χ0n) is 31.0. The topological polar surface area (TPSA) is 158 Å². The van der Waals surface area contributed by atoms with Crippen molar-refractivity contribution in [3.05, 3.63) is 71.2 Å². The van der Waals surface area contributed by atoms with Crippen molar-refractivity contribution in [2.45, 2.75) is 56.5 Å². The van der Waals surface area contributed by atoms with Crippen molar-refractivity contribution >= 4 is 27.6 Å². The molecule has 6 rings (SSSR count). The van der Waals surface area contributed by atoms with Crippen molar-refractivity contribution < 1.29 is 36.6 Å². The number of pyridine rings is 1. The number of aromatic nitrogens is 1. The van der Waals surface area contributed by atoms with Gasteiger partial charge in [0.05, 0.1) is 37.1 Å². The quantitative estimate of drug-likeness (QED) is 0.284. The molecule has 0 bridgehead atoms. The highest BCUT2D eigenvalue weighted by molar-refractivity contribution is 7.93. The Balaban J connectivity index is 1.43. The van der Waals surface area contributed by atoms with Gasteiger partial charge in [-0.1, -0.05) is 6.92 Å². The van der Waals surface area contributed by atoms with E-state index in [-0.39, 0.29) is 46.6 Å². The third-order valence-corrected chi connectivity index (χ3v) is 12.0. The summed E-state index contributed by atoms with van der Waals surface area (Å²) < 4.78 is 62.6. The van der Waals surface area contributed by atoms with E-state index >= 15 is 9.18 Å². The number of likely N-dealkylation sites (tertiary alicyclic amines) is 1. The van der Waals surface area contributed by atoms with E-state index in [0.29, 0.717) is 42.3 Å². The summed E-state index contributed by atoms with van der Waals surface area (Å²) in [5, 5.41) is 12.7. The number of ether oxygens (including phenoxy) is 3. The first kappa shape index (κ1) is 38.7. The molecular formula is C38H46FN7O7S. The maximum Gasteiger partial charge on any atom is 0.318 e. The fraction of sp³-hybridized carbons (Fsp3) is 0.474. The number of hydrogen-bond donors (Lipinski definition) is 1. The fourth-order valence-corrected chi connectivity index (χ4v) is 9.23. The van der Waals surface area contributed by atoms with Gasteiger partial charge in [-0.25, -0.2) is 22.6 Å². The van der Waals surface area contributed by atoms with Gasteiger partial charge in [0, 0.05) is 50.0 Å². The highest BCUT2D eigenvalue weighted by Gasteiger charge is 2.59. The van der Waals surface area contributed by atoms with E-state index in [1.807, 2.05) is 0 Å². The van der Waals surface area contributed by atoms with Crippen LogP contribution in [-0.2, 0) is 20.4 Å². The molecule has 288 valence electrons. The molecule has 2 fully saturated rings. The van der Waals surface area contributed by atoms with Crippen LogP contribution in [0.3, 0.4) is 0 Å². The molecule has 54 heavy (non-hydrogen) atoms. The van der Waals surface area contributed by atoms with Crippen LogP contribution in [0.15, 0.2) is 53.6 Å². The third kappa shape index (κ3) is 7.03. The minimum Gasteiger partial charge on any atom is -0.497 e. The number of rotatable bonds is 12. The standard InChI is InChI=1S/C38H46FN7O7S/c1-5-15-43-16-12-27(13-17-43)44-18-20-45(21-19-44)37(48)42-38(29-9-8-14-41-35(29)53-7-3)30-24-31(39)26(25-40)22-32(30)46(36(38)47)54(49,50)34-11-10-28(51-4)23-33(34)52-6-2/h8-11,14,22-24,27H,5-7,12-13,15-21H2,1-4H3,(H,42,48). The molecule has 3 aromatic rings. The molecule has 0 radical (unpaired) electrons. The first-order valence-corrected chi connectivity index (χ1v) is 19.7. The van der Waals surface area contributed by atoms with Crippen molar-refractivity contribution in [3.8, 4) is 23.4 Å². The van der Waals surface area contributed by atoms with E-state index < -0.39 is 38.9 Å². The van der Waals surface area contributed by atoms with Gasteiger partial charge in [0.1, 0.15) is 28.3 Å². The van der Waals surface area contributed by atoms with Gasteiger partial charge in [0.2, 0.25) is 5.88 Å². The molecule has 0 aliphatic carbocycles. The fourth-order valence-electron chi connectivity index (χ4n) is 7.66. The van der Waals surface area contributed by atoms with Crippen molar-refractivity contribution in [2.75, 3.05) is 70.4 Å². The molecule has 0 spiro atoms. The van der Waals surface area contributed by atoms with Gasteiger partial charge in [0.25, 0.3) is 15.9 Å². The Labute approximate surface area is 315 Å². The number of halogens is 1. The summed E-state index contributed by atoms with van der Waals surface area (Å²) in [6, 6.07) is 10.4. The van der Waals surface area contributed by atoms with Gasteiger partial charge in [-0.15, -0.1) is 0 Å². The Morgan fingerprint density at radius 1 is 1.02 bits per heavy atom. The number of benzene rings is 2. The van der Waals surface area contributed by atoms with Gasteiger partial charge in [-0.2, -0.15) is 9.57 Å². The number of piperazine rings is 1. The average Bonchev–Trinajstić information content (AvgIpc) is 3.42. The Morgan fingerprint density at radius 2 is 1.74 bits per heavy atom. The molecule has 14 nitrogen and oxygen atoms in total. The predicted molar refractivity (Wildman–Crippen MR) is 198 cm³/mol. The van der Waals surface area contributed by atoms with Gasteiger partial charge >= 0.3 is 6.03 Å². The van der Waals surface area contributed by atoms with E-state index in [4.69, 9.17) is 14.2 Å². The summed E-state index contributed by atoms with van der Waals surface area (Å²) in [5.41, 5.74) is -3.39. The molecule has 3 aliphatic heterocycles. The number of urea groups is 1. The third-order valence-electron chi connectivity index (χ3n) is 10.3. The molecule has 2 aromatic carbocycles. The van der Waals surface area contributed by atoms with E-state index in [9.17, 15) is 18.5 Å². The summed E-state index contributed by atoms with van der Waals surface area (Å²) in [6.07, 6.45) is 4.63. The first-order chi connectivity index (χ1) is 26.0. The summed E-state index contributed by atoms with van der Waals surface area (Å²) >= 11 is 0. The number of fused-ring (bicyclic) bond motifs is 1. The van der Waals surface area contributed by atoms with E-state index in [2.05, 4.69) is 27.0 Å². The number of nitrogens with zero attached hydrogens (tertiary/aromatic N) is 6. The maximum atomic E-state index is 15.7. The molecule has 4 heterocycles. The maximum absolute atomic E-state index is 15.7. The van der Waals surface area contributed by atoms with E-state index in [1.165, 1.54) is 43.6 Å².